The predicted octanol–water partition coefficient (Wildman–Crippen LogP) is 2.04. The molecule has 144 valence electrons. The zero-order chi connectivity index (χ0) is 18.4. The topological polar surface area (TPSA) is 64.1 Å². The maximum atomic E-state index is 13.0. The minimum atomic E-state index is -0.775. The van der Waals surface area contributed by atoms with E-state index in [4.69, 9.17) is 5.11 Å². The van der Waals surface area contributed by atoms with Crippen LogP contribution in [-0.4, -0.2) is 83.0 Å². The Balaban J connectivity index is 1.92. The van der Waals surface area contributed by atoms with E-state index in [1.165, 1.54) is 6.42 Å². The molecule has 0 aliphatic carbocycles. The number of aliphatic carboxylic acids is 1. The molecule has 0 aromatic heterocycles. The van der Waals surface area contributed by atoms with E-state index in [0.717, 1.165) is 58.2 Å². The fourth-order valence-corrected chi connectivity index (χ4v) is 4.38. The molecule has 3 atom stereocenters. The smallest absolute Gasteiger partial charge is 0.317 e. The summed E-state index contributed by atoms with van der Waals surface area (Å²) in [4.78, 5) is 30.3. The molecule has 3 unspecified atom stereocenters. The number of hydrogen-bond donors (Lipinski definition) is 1. The second kappa shape index (κ2) is 9.53. The Morgan fingerprint density at radius 3 is 2.56 bits per heavy atom. The SMILES string of the molecule is CCC1CCCCN1C(=O)C(C)N1CCCC(N(C)CC(=O)O)CC1. The summed E-state index contributed by atoms with van der Waals surface area (Å²) < 4.78 is 0. The van der Waals surface area contributed by atoms with Gasteiger partial charge in [0, 0.05) is 25.2 Å². The molecule has 1 N–H and O–H groups in total. The maximum absolute atomic E-state index is 13.0. The molecule has 0 saturated carbocycles. The Kier molecular flexibility index (Phi) is 7.69. The zero-order valence-electron chi connectivity index (χ0n) is 16.1. The minimum Gasteiger partial charge on any atom is -0.480 e. The van der Waals surface area contributed by atoms with Crippen molar-refractivity contribution in [3.63, 3.8) is 0 Å². The molecule has 2 heterocycles. The fraction of sp³-hybridized carbons (Fsp3) is 0.895. The molecular formula is C19H35N3O3. The van der Waals surface area contributed by atoms with E-state index in [1.807, 2.05) is 18.9 Å². The summed E-state index contributed by atoms with van der Waals surface area (Å²) in [6.45, 7) is 7.01. The van der Waals surface area contributed by atoms with Crippen molar-refractivity contribution >= 4 is 11.9 Å². The van der Waals surface area contributed by atoms with Crippen LogP contribution in [0.15, 0.2) is 0 Å². The van der Waals surface area contributed by atoms with Gasteiger partial charge in [0.05, 0.1) is 12.6 Å². The number of hydrogen-bond acceptors (Lipinski definition) is 4. The lowest BCUT2D eigenvalue weighted by atomic mass is 9.99. The number of piperidine rings is 1. The predicted molar refractivity (Wildman–Crippen MR) is 98.6 cm³/mol. The highest BCUT2D eigenvalue weighted by molar-refractivity contribution is 5.82. The number of carboxylic acid groups (broad SMARTS) is 1. The van der Waals surface area contributed by atoms with E-state index < -0.39 is 5.97 Å². The largest absolute Gasteiger partial charge is 0.480 e. The molecule has 2 saturated heterocycles. The van der Waals surface area contributed by atoms with Gasteiger partial charge in [-0.05, 0) is 65.5 Å². The molecular weight excluding hydrogens is 318 g/mol. The average molecular weight is 354 g/mol. The molecule has 2 fully saturated rings. The van der Waals surface area contributed by atoms with Gasteiger partial charge < -0.3 is 10.0 Å². The highest BCUT2D eigenvalue weighted by atomic mass is 16.4. The maximum Gasteiger partial charge on any atom is 0.317 e. The number of amides is 1. The first kappa shape index (κ1) is 20.2. The lowest BCUT2D eigenvalue weighted by molar-refractivity contribution is -0.140. The molecule has 0 bridgehead atoms. The van der Waals surface area contributed by atoms with E-state index in [2.05, 4.69) is 16.7 Å². The van der Waals surface area contributed by atoms with Gasteiger partial charge in [0.2, 0.25) is 5.91 Å². The highest BCUT2D eigenvalue weighted by Gasteiger charge is 2.32. The fourth-order valence-electron chi connectivity index (χ4n) is 4.38. The summed E-state index contributed by atoms with van der Waals surface area (Å²) in [5, 5.41) is 8.99. The molecule has 6 nitrogen and oxygen atoms in total. The normalized spacial score (nSPS) is 27.1. The van der Waals surface area contributed by atoms with Gasteiger partial charge in [0.1, 0.15) is 0 Å². The first-order valence-electron chi connectivity index (χ1n) is 9.90. The number of rotatable bonds is 6. The third-order valence-electron chi connectivity index (χ3n) is 6.03. The second-order valence-corrected chi connectivity index (χ2v) is 7.70. The number of likely N-dealkylation sites (N-methyl/N-ethyl adjacent to an activating group) is 1. The van der Waals surface area contributed by atoms with Crippen molar-refractivity contribution in [2.45, 2.75) is 76.9 Å². The summed E-state index contributed by atoms with van der Waals surface area (Å²) in [5.74, 6) is -0.494. The Labute approximate surface area is 152 Å². The number of carbonyl (C=O) groups excluding carboxylic acids is 1. The standard InChI is InChI=1S/C19H35N3O3/c1-4-16-8-5-6-12-22(16)19(25)15(2)21-11-7-9-17(10-13-21)20(3)14-18(23)24/h15-17H,4-14H2,1-3H3,(H,23,24). The van der Waals surface area contributed by atoms with Gasteiger partial charge >= 0.3 is 5.97 Å². The molecule has 0 aromatic rings. The van der Waals surface area contributed by atoms with Crippen LogP contribution in [-0.2, 0) is 9.59 Å². The molecule has 0 spiro atoms. The van der Waals surface area contributed by atoms with Crippen molar-refractivity contribution in [3.05, 3.63) is 0 Å². The zero-order valence-corrected chi connectivity index (χ0v) is 16.1. The lowest BCUT2D eigenvalue weighted by Gasteiger charge is -2.39. The molecule has 2 rings (SSSR count). The van der Waals surface area contributed by atoms with Gasteiger partial charge in [-0.1, -0.05) is 6.92 Å². The van der Waals surface area contributed by atoms with E-state index in [9.17, 15) is 9.59 Å². The van der Waals surface area contributed by atoms with E-state index >= 15 is 0 Å². The monoisotopic (exact) mass is 353 g/mol. The number of carboxylic acids is 1. The molecule has 2 aliphatic rings. The third kappa shape index (κ3) is 5.42. The van der Waals surface area contributed by atoms with Crippen molar-refractivity contribution in [1.82, 2.24) is 14.7 Å². The van der Waals surface area contributed by atoms with Gasteiger partial charge in [-0.15, -0.1) is 0 Å². The van der Waals surface area contributed by atoms with E-state index in [0.29, 0.717) is 12.1 Å². The van der Waals surface area contributed by atoms with Crippen molar-refractivity contribution in [2.24, 2.45) is 0 Å². The molecule has 1 amide bonds. The van der Waals surface area contributed by atoms with Gasteiger partial charge in [-0.2, -0.15) is 0 Å². The third-order valence-corrected chi connectivity index (χ3v) is 6.03. The highest BCUT2D eigenvalue weighted by Crippen LogP contribution is 2.23. The van der Waals surface area contributed by atoms with Crippen LogP contribution >= 0.6 is 0 Å². The van der Waals surface area contributed by atoms with Gasteiger partial charge in [0.25, 0.3) is 0 Å². The van der Waals surface area contributed by atoms with Gasteiger partial charge in [-0.25, -0.2) is 0 Å². The van der Waals surface area contributed by atoms with Crippen LogP contribution in [0.1, 0.15) is 58.8 Å². The minimum absolute atomic E-state index is 0.0734. The molecule has 0 radical (unpaired) electrons. The van der Waals surface area contributed by atoms with Crippen LogP contribution < -0.4 is 0 Å². The van der Waals surface area contributed by atoms with Crippen LogP contribution in [0.5, 0.6) is 0 Å². The number of likely N-dealkylation sites (tertiary alicyclic amines) is 2. The van der Waals surface area contributed by atoms with Crippen molar-refractivity contribution in [3.8, 4) is 0 Å². The van der Waals surface area contributed by atoms with Gasteiger partial charge in [0.15, 0.2) is 0 Å². The summed E-state index contributed by atoms with van der Waals surface area (Å²) >= 11 is 0. The quantitative estimate of drug-likeness (QED) is 0.792. The van der Waals surface area contributed by atoms with Crippen molar-refractivity contribution < 1.29 is 14.7 Å². The van der Waals surface area contributed by atoms with Crippen LogP contribution in [0.25, 0.3) is 0 Å². The molecule has 25 heavy (non-hydrogen) atoms. The van der Waals surface area contributed by atoms with Crippen LogP contribution in [0.2, 0.25) is 0 Å². The van der Waals surface area contributed by atoms with Crippen molar-refractivity contribution in [1.29, 1.82) is 0 Å². The van der Waals surface area contributed by atoms with Crippen LogP contribution in [0, 0.1) is 0 Å². The summed E-state index contributed by atoms with van der Waals surface area (Å²) in [6, 6.07) is 0.627. The Morgan fingerprint density at radius 2 is 1.88 bits per heavy atom. The average Bonchev–Trinajstić information content (AvgIpc) is 2.86. The Morgan fingerprint density at radius 1 is 1.12 bits per heavy atom. The summed E-state index contributed by atoms with van der Waals surface area (Å²) in [7, 11) is 1.89. The first-order chi connectivity index (χ1) is 11.9. The molecule has 6 heteroatoms. The van der Waals surface area contributed by atoms with Crippen LogP contribution in [0.4, 0.5) is 0 Å². The molecule has 0 aromatic carbocycles. The Bertz CT molecular complexity index is 457. The molecule has 2 aliphatic heterocycles. The van der Waals surface area contributed by atoms with E-state index in [-0.39, 0.29) is 18.5 Å². The summed E-state index contributed by atoms with van der Waals surface area (Å²) in [6.07, 6.45) is 7.48. The lowest BCUT2D eigenvalue weighted by Crippen LogP contribution is -2.52. The number of nitrogens with zero attached hydrogens (tertiary/aromatic N) is 3. The Hall–Kier alpha value is -1.14. The first-order valence-corrected chi connectivity index (χ1v) is 9.90. The van der Waals surface area contributed by atoms with Gasteiger partial charge in [-0.3, -0.25) is 19.4 Å². The van der Waals surface area contributed by atoms with Crippen LogP contribution in [0.3, 0.4) is 0 Å². The van der Waals surface area contributed by atoms with Crippen molar-refractivity contribution in [2.75, 3.05) is 33.2 Å². The second-order valence-electron chi connectivity index (χ2n) is 7.70. The van der Waals surface area contributed by atoms with E-state index in [1.54, 1.807) is 0 Å². The summed E-state index contributed by atoms with van der Waals surface area (Å²) in [5.41, 5.74) is 0. The number of carbonyl (C=O) groups is 2.